The van der Waals surface area contributed by atoms with Gasteiger partial charge < -0.3 is 9.64 Å². The molecular weight excluding hydrogens is 331 g/mol. The summed E-state index contributed by atoms with van der Waals surface area (Å²) in [6.45, 7) is 3.65. The topological polar surface area (TPSA) is 32.8 Å². The fourth-order valence-electron chi connectivity index (χ4n) is 3.31. The monoisotopic (exact) mass is 356 g/mol. The van der Waals surface area contributed by atoms with E-state index in [0.717, 1.165) is 37.4 Å². The molecule has 0 saturated carbocycles. The highest BCUT2D eigenvalue weighted by Crippen LogP contribution is 2.15. The van der Waals surface area contributed by atoms with Gasteiger partial charge in [-0.15, -0.1) is 0 Å². The number of carbonyl (C=O) groups excluding carboxylic acids is 1. The predicted molar refractivity (Wildman–Crippen MR) is 99.6 cm³/mol. The van der Waals surface area contributed by atoms with Gasteiger partial charge >= 0.3 is 0 Å². The third kappa shape index (κ3) is 4.82. The van der Waals surface area contributed by atoms with Gasteiger partial charge in [-0.1, -0.05) is 30.3 Å². The van der Waals surface area contributed by atoms with Crippen LogP contribution in [0.5, 0.6) is 5.75 Å². The van der Waals surface area contributed by atoms with E-state index in [1.807, 2.05) is 41.3 Å². The van der Waals surface area contributed by atoms with Gasteiger partial charge in [-0.25, -0.2) is 4.39 Å². The van der Waals surface area contributed by atoms with E-state index in [1.165, 1.54) is 6.07 Å². The van der Waals surface area contributed by atoms with Crippen molar-refractivity contribution in [2.75, 3.05) is 33.3 Å². The van der Waals surface area contributed by atoms with Gasteiger partial charge in [-0.3, -0.25) is 9.69 Å². The SMILES string of the molecule is COc1cccc(CC(=O)N2CCCN(Cc3ccccc3F)CC2)c1. The maximum Gasteiger partial charge on any atom is 0.227 e. The molecule has 2 aromatic rings. The first-order valence-corrected chi connectivity index (χ1v) is 9.02. The molecule has 0 atom stereocenters. The van der Waals surface area contributed by atoms with Gasteiger partial charge in [-0.05, 0) is 30.2 Å². The normalized spacial score (nSPS) is 15.5. The average molecular weight is 356 g/mol. The number of hydrogen-bond donors (Lipinski definition) is 0. The van der Waals surface area contributed by atoms with Gasteiger partial charge in [0.25, 0.3) is 0 Å². The highest BCUT2D eigenvalue weighted by molar-refractivity contribution is 5.79. The maximum atomic E-state index is 13.9. The van der Waals surface area contributed by atoms with E-state index in [-0.39, 0.29) is 11.7 Å². The quantitative estimate of drug-likeness (QED) is 0.825. The minimum atomic E-state index is -0.164. The lowest BCUT2D eigenvalue weighted by Gasteiger charge is -2.22. The molecule has 26 heavy (non-hydrogen) atoms. The second kappa shape index (κ2) is 8.81. The molecule has 0 spiro atoms. The zero-order valence-electron chi connectivity index (χ0n) is 15.2. The minimum Gasteiger partial charge on any atom is -0.497 e. The van der Waals surface area contributed by atoms with Gasteiger partial charge in [0.1, 0.15) is 11.6 Å². The summed E-state index contributed by atoms with van der Waals surface area (Å²) < 4.78 is 19.1. The number of methoxy groups -OCH3 is 1. The van der Waals surface area contributed by atoms with Crippen LogP contribution in [0.4, 0.5) is 4.39 Å². The molecule has 0 aliphatic carbocycles. The van der Waals surface area contributed by atoms with Crippen molar-refractivity contribution in [3.63, 3.8) is 0 Å². The first kappa shape index (κ1) is 18.4. The molecule has 0 aromatic heterocycles. The van der Waals surface area contributed by atoms with Gasteiger partial charge in [0.15, 0.2) is 0 Å². The predicted octanol–water partition coefficient (Wildman–Crippen LogP) is 3.11. The van der Waals surface area contributed by atoms with Crippen LogP contribution in [-0.4, -0.2) is 49.0 Å². The Bertz CT molecular complexity index is 750. The van der Waals surface area contributed by atoms with E-state index >= 15 is 0 Å². The van der Waals surface area contributed by atoms with Crippen LogP contribution in [0.1, 0.15) is 17.5 Å². The third-order valence-corrected chi connectivity index (χ3v) is 4.78. The van der Waals surface area contributed by atoms with Crippen LogP contribution in [0.15, 0.2) is 48.5 Å². The highest BCUT2D eigenvalue weighted by Gasteiger charge is 2.20. The van der Waals surface area contributed by atoms with Gasteiger partial charge in [-0.2, -0.15) is 0 Å². The molecule has 3 rings (SSSR count). The van der Waals surface area contributed by atoms with Crippen molar-refractivity contribution < 1.29 is 13.9 Å². The average Bonchev–Trinajstić information content (AvgIpc) is 2.89. The molecule has 0 unspecified atom stereocenters. The lowest BCUT2D eigenvalue weighted by molar-refractivity contribution is -0.130. The maximum absolute atomic E-state index is 13.9. The first-order valence-electron chi connectivity index (χ1n) is 9.02. The van der Waals surface area contributed by atoms with Crippen LogP contribution in [0.2, 0.25) is 0 Å². The lowest BCUT2D eigenvalue weighted by atomic mass is 10.1. The number of nitrogens with zero attached hydrogens (tertiary/aromatic N) is 2. The Morgan fingerprint density at radius 1 is 1.08 bits per heavy atom. The molecule has 0 radical (unpaired) electrons. The fourth-order valence-corrected chi connectivity index (χ4v) is 3.31. The summed E-state index contributed by atoms with van der Waals surface area (Å²) in [5, 5.41) is 0. The second-order valence-corrected chi connectivity index (χ2v) is 6.63. The number of ether oxygens (including phenoxy) is 1. The molecule has 2 aromatic carbocycles. The number of benzene rings is 2. The summed E-state index contributed by atoms with van der Waals surface area (Å²) in [5.41, 5.74) is 1.67. The van der Waals surface area contributed by atoms with E-state index in [9.17, 15) is 9.18 Å². The minimum absolute atomic E-state index is 0.131. The number of rotatable bonds is 5. The number of carbonyl (C=O) groups is 1. The van der Waals surface area contributed by atoms with Crippen molar-refractivity contribution in [3.8, 4) is 5.75 Å². The lowest BCUT2D eigenvalue weighted by Crippen LogP contribution is -2.36. The van der Waals surface area contributed by atoms with Crippen molar-refractivity contribution in [1.29, 1.82) is 0 Å². The Kier molecular flexibility index (Phi) is 6.23. The summed E-state index contributed by atoms with van der Waals surface area (Å²) in [6, 6.07) is 14.5. The molecule has 4 nitrogen and oxygen atoms in total. The summed E-state index contributed by atoms with van der Waals surface area (Å²) in [7, 11) is 1.62. The van der Waals surface area contributed by atoms with Crippen LogP contribution < -0.4 is 4.74 Å². The fraction of sp³-hybridized carbons (Fsp3) is 0.381. The van der Waals surface area contributed by atoms with Crippen LogP contribution in [0, 0.1) is 5.82 Å². The largest absolute Gasteiger partial charge is 0.497 e. The molecule has 1 fully saturated rings. The molecular formula is C21H25FN2O2. The standard InChI is InChI=1S/C21H25FN2O2/c1-26-19-8-4-6-17(14-19)15-21(25)24-11-5-10-23(12-13-24)16-18-7-2-3-9-20(18)22/h2-4,6-9,14H,5,10-13,15-16H2,1H3. The molecule has 5 heteroatoms. The van der Waals surface area contributed by atoms with Crippen LogP contribution in [-0.2, 0) is 17.8 Å². The molecule has 0 N–H and O–H groups in total. The second-order valence-electron chi connectivity index (χ2n) is 6.63. The summed E-state index contributed by atoms with van der Waals surface area (Å²) in [5.74, 6) is 0.732. The smallest absolute Gasteiger partial charge is 0.227 e. The van der Waals surface area contributed by atoms with Crippen molar-refractivity contribution in [2.45, 2.75) is 19.4 Å². The highest BCUT2D eigenvalue weighted by atomic mass is 19.1. The van der Waals surface area contributed by atoms with Gasteiger partial charge in [0, 0.05) is 38.3 Å². The van der Waals surface area contributed by atoms with Crippen LogP contribution in [0.3, 0.4) is 0 Å². The van der Waals surface area contributed by atoms with E-state index in [0.29, 0.717) is 25.1 Å². The first-order chi connectivity index (χ1) is 12.7. The molecule has 0 bridgehead atoms. The Balaban J connectivity index is 1.56. The summed E-state index contributed by atoms with van der Waals surface area (Å²) >= 11 is 0. The Morgan fingerprint density at radius 2 is 1.92 bits per heavy atom. The van der Waals surface area contributed by atoms with E-state index in [1.54, 1.807) is 13.2 Å². The Morgan fingerprint density at radius 3 is 2.73 bits per heavy atom. The molecule has 1 saturated heterocycles. The Hall–Kier alpha value is -2.40. The zero-order chi connectivity index (χ0) is 18.4. The number of halogens is 1. The van der Waals surface area contributed by atoms with E-state index < -0.39 is 0 Å². The number of hydrogen-bond acceptors (Lipinski definition) is 3. The summed E-state index contributed by atoms with van der Waals surface area (Å²) in [4.78, 5) is 16.8. The molecule has 1 aliphatic heterocycles. The molecule has 138 valence electrons. The van der Waals surface area contributed by atoms with E-state index in [2.05, 4.69) is 4.90 Å². The van der Waals surface area contributed by atoms with Crippen LogP contribution >= 0.6 is 0 Å². The van der Waals surface area contributed by atoms with Crippen molar-refractivity contribution >= 4 is 5.91 Å². The zero-order valence-corrected chi connectivity index (χ0v) is 15.2. The number of amides is 1. The Labute approximate surface area is 154 Å². The van der Waals surface area contributed by atoms with Crippen molar-refractivity contribution in [2.24, 2.45) is 0 Å². The van der Waals surface area contributed by atoms with Crippen LogP contribution in [0.25, 0.3) is 0 Å². The molecule has 1 aliphatic rings. The van der Waals surface area contributed by atoms with Gasteiger partial charge in [0.05, 0.1) is 13.5 Å². The third-order valence-electron chi connectivity index (χ3n) is 4.78. The molecule has 1 heterocycles. The van der Waals surface area contributed by atoms with Crippen molar-refractivity contribution in [1.82, 2.24) is 9.80 Å². The van der Waals surface area contributed by atoms with Crippen molar-refractivity contribution in [3.05, 3.63) is 65.5 Å². The molecule has 1 amide bonds. The van der Waals surface area contributed by atoms with E-state index in [4.69, 9.17) is 4.74 Å². The summed E-state index contributed by atoms with van der Waals surface area (Å²) in [6.07, 6.45) is 1.28. The van der Waals surface area contributed by atoms with Gasteiger partial charge in [0.2, 0.25) is 5.91 Å².